The molecule has 1 aromatic carbocycles. The van der Waals surface area contributed by atoms with Crippen LogP contribution >= 0.6 is 0 Å². The van der Waals surface area contributed by atoms with E-state index < -0.39 is 0 Å². The lowest BCUT2D eigenvalue weighted by Gasteiger charge is -2.30. The average molecular weight is 267 g/mol. The second kappa shape index (κ2) is 6.87. The van der Waals surface area contributed by atoms with Crippen LogP contribution in [0.25, 0.3) is 0 Å². The molecule has 1 aromatic rings. The Morgan fingerprint density at radius 2 is 2.32 bits per heavy atom. The maximum atomic E-state index is 13.7. The molecule has 0 amide bonds. The molecule has 0 bridgehead atoms. The number of ether oxygens (including phenoxy) is 2. The van der Waals surface area contributed by atoms with E-state index in [4.69, 9.17) is 9.47 Å². The van der Waals surface area contributed by atoms with Crippen molar-refractivity contribution in [2.45, 2.75) is 37.8 Å². The van der Waals surface area contributed by atoms with Gasteiger partial charge in [0.05, 0.1) is 13.2 Å². The molecule has 3 nitrogen and oxygen atoms in total. The van der Waals surface area contributed by atoms with E-state index in [9.17, 15) is 4.39 Å². The second-order valence-electron chi connectivity index (χ2n) is 4.97. The summed E-state index contributed by atoms with van der Waals surface area (Å²) in [5, 5.41) is 3.29. The number of halogens is 1. The van der Waals surface area contributed by atoms with Crippen molar-refractivity contribution in [1.82, 2.24) is 5.32 Å². The molecule has 0 spiro atoms. The third kappa shape index (κ3) is 3.67. The molecule has 1 fully saturated rings. The lowest BCUT2D eigenvalue weighted by Crippen LogP contribution is -2.42. The number of hydrogen-bond donors (Lipinski definition) is 1. The maximum absolute atomic E-state index is 13.7. The van der Waals surface area contributed by atoms with Crippen molar-refractivity contribution < 1.29 is 13.9 Å². The van der Waals surface area contributed by atoms with E-state index in [0.717, 1.165) is 31.4 Å². The van der Waals surface area contributed by atoms with E-state index >= 15 is 0 Å². The fourth-order valence-electron chi connectivity index (χ4n) is 2.59. The maximum Gasteiger partial charge on any atom is 0.165 e. The fourth-order valence-corrected chi connectivity index (χ4v) is 2.59. The van der Waals surface area contributed by atoms with Gasteiger partial charge in [-0.25, -0.2) is 4.39 Å². The van der Waals surface area contributed by atoms with E-state index in [1.807, 2.05) is 13.1 Å². The van der Waals surface area contributed by atoms with Crippen LogP contribution in [-0.4, -0.2) is 32.9 Å². The Hall–Kier alpha value is -1.13. The number of methoxy groups -OCH3 is 1. The van der Waals surface area contributed by atoms with Crippen LogP contribution in [-0.2, 0) is 11.2 Å². The molecule has 0 radical (unpaired) electrons. The summed E-state index contributed by atoms with van der Waals surface area (Å²) in [7, 11) is 3.41. The Balaban J connectivity index is 2.03. The van der Waals surface area contributed by atoms with Gasteiger partial charge in [0.2, 0.25) is 0 Å². The first-order chi connectivity index (χ1) is 9.24. The number of rotatable bonds is 5. The molecular weight excluding hydrogens is 245 g/mol. The topological polar surface area (TPSA) is 30.5 Å². The van der Waals surface area contributed by atoms with Gasteiger partial charge in [0.25, 0.3) is 0 Å². The van der Waals surface area contributed by atoms with Crippen molar-refractivity contribution in [2.75, 3.05) is 20.8 Å². The molecule has 1 aliphatic heterocycles. The molecule has 1 heterocycles. The van der Waals surface area contributed by atoms with Crippen molar-refractivity contribution in [3.8, 4) is 5.75 Å². The molecule has 106 valence electrons. The summed E-state index contributed by atoms with van der Waals surface area (Å²) in [4.78, 5) is 0. The molecule has 0 saturated carbocycles. The number of nitrogens with one attached hydrogen (secondary N) is 1. The summed E-state index contributed by atoms with van der Waals surface area (Å²) in [6, 6.07) is 5.37. The van der Waals surface area contributed by atoms with Crippen LogP contribution in [0.3, 0.4) is 0 Å². The van der Waals surface area contributed by atoms with Crippen molar-refractivity contribution in [1.29, 1.82) is 0 Å². The van der Waals surface area contributed by atoms with Gasteiger partial charge in [-0.2, -0.15) is 0 Å². The smallest absolute Gasteiger partial charge is 0.165 e. The van der Waals surface area contributed by atoms with Gasteiger partial charge in [-0.1, -0.05) is 6.07 Å². The summed E-state index contributed by atoms with van der Waals surface area (Å²) in [5.41, 5.74) is 0.965. The van der Waals surface area contributed by atoms with Crippen LogP contribution in [0.5, 0.6) is 5.75 Å². The van der Waals surface area contributed by atoms with E-state index in [2.05, 4.69) is 5.32 Å². The quantitative estimate of drug-likeness (QED) is 0.889. The number of benzene rings is 1. The van der Waals surface area contributed by atoms with Gasteiger partial charge in [0, 0.05) is 12.6 Å². The molecular formula is C15H22FNO2. The number of hydrogen-bond acceptors (Lipinski definition) is 3. The highest BCUT2D eigenvalue weighted by Crippen LogP contribution is 2.22. The average Bonchev–Trinajstić information content (AvgIpc) is 2.46. The van der Waals surface area contributed by atoms with Gasteiger partial charge in [-0.3, -0.25) is 0 Å². The molecule has 2 atom stereocenters. The van der Waals surface area contributed by atoms with Crippen molar-refractivity contribution >= 4 is 0 Å². The Labute approximate surface area is 114 Å². The zero-order valence-electron chi connectivity index (χ0n) is 11.6. The van der Waals surface area contributed by atoms with E-state index in [1.54, 1.807) is 12.1 Å². The highest BCUT2D eigenvalue weighted by molar-refractivity contribution is 5.29. The minimum atomic E-state index is -0.306. The van der Waals surface area contributed by atoms with Gasteiger partial charge in [0.1, 0.15) is 0 Å². The highest BCUT2D eigenvalue weighted by atomic mass is 19.1. The normalized spacial score (nSPS) is 21.1. The first-order valence-electron chi connectivity index (χ1n) is 6.86. The minimum Gasteiger partial charge on any atom is -0.494 e. The Morgan fingerprint density at radius 3 is 2.89 bits per heavy atom. The summed E-state index contributed by atoms with van der Waals surface area (Å²) in [6.45, 7) is 0.833. The van der Waals surface area contributed by atoms with E-state index in [-0.39, 0.29) is 18.0 Å². The van der Waals surface area contributed by atoms with Gasteiger partial charge in [0.15, 0.2) is 11.6 Å². The van der Waals surface area contributed by atoms with Crippen LogP contribution in [0.4, 0.5) is 4.39 Å². The first-order valence-corrected chi connectivity index (χ1v) is 6.86. The molecule has 1 saturated heterocycles. The largest absolute Gasteiger partial charge is 0.494 e. The summed E-state index contributed by atoms with van der Waals surface area (Å²) >= 11 is 0. The molecule has 0 aliphatic carbocycles. The molecule has 2 rings (SSSR count). The predicted octanol–water partition coefficient (Wildman–Crippen LogP) is 2.53. The standard InChI is InChI=1S/C15H22FNO2/c1-17-13(15-5-3-4-8-19-15)10-11-6-7-14(18-2)12(16)9-11/h6-7,9,13,15,17H,3-5,8,10H2,1-2H3. The second-order valence-corrected chi connectivity index (χ2v) is 4.97. The lowest BCUT2D eigenvalue weighted by molar-refractivity contribution is -0.00588. The van der Waals surface area contributed by atoms with Crippen molar-refractivity contribution in [3.05, 3.63) is 29.6 Å². The highest BCUT2D eigenvalue weighted by Gasteiger charge is 2.23. The molecule has 1 N–H and O–H groups in total. The molecule has 0 aromatic heterocycles. The zero-order valence-corrected chi connectivity index (χ0v) is 11.6. The predicted molar refractivity (Wildman–Crippen MR) is 73.1 cm³/mol. The molecule has 1 aliphatic rings. The zero-order chi connectivity index (χ0) is 13.7. The summed E-state index contributed by atoms with van der Waals surface area (Å²) < 4.78 is 24.4. The lowest BCUT2D eigenvalue weighted by atomic mass is 9.96. The third-order valence-electron chi connectivity index (χ3n) is 3.71. The Morgan fingerprint density at radius 1 is 1.47 bits per heavy atom. The van der Waals surface area contributed by atoms with E-state index in [1.165, 1.54) is 13.5 Å². The van der Waals surface area contributed by atoms with Gasteiger partial charge in [-0.05, 0) is 50.4 Å². The van der Waals surface area contributed by atoms with Crippen LogP contribution in [0.1, 0.15) is 24.8 Å². The number of likely N-dealkylation sites (N-methyl/N-ethyl adjacent to an activating group) is 1. The molecule has 19 heavy (non-hydrogen) atoms. The van der Waals surface area contributed by atoms with Gasteiger partial charge < -0.3 is 14.8 Å². The van der Waals surface area contributed by atoms with Crippen molar-refractivity contribution in [3.63, 3.8) is 0 Å². The molecule has 2 unspecified atom stereocenters. The minimum absolute atomic E-state index is 0.226. The first kappa shape index (κ1) is 14.3. The SMILES string of the molecule is CNC(Cc1ccc(OC)c(F)c1)C1CCCCO1. The Kier molecular flexibility index (Phi) is 5.16. The fraction of sp³-hybridized carbons (Fsp3) is 0.600. The van der Waals surface area contributed by atoms with Crippen LogP contribution in [0.15, 0.2) is 18.2 Å². The van der Waals surface area contributed by atoms with Crippen LogP contribution in [0.2, 0.25) is 0 Å². The van der Waals surface area contributed by atoms with Crippen LogP contribution < -0.4 is 10.1 Å². The van der Waals surface area contributed by atoms with E-state index in [0.29, 0.717) is 5.75 Å². The van der Waals surface area contributed by atoms with Gasteiger partial charge in [-0.15, -0.1) is 0 Å². The molecule has 4 heteroatoms. The third-order valence-corrected chi connectivity index (χ3v) is 3.71. The summed E-state index contributed by atoms with van der Waals surface area (Å²) in [5.74, 6) is -0.0157. The summed E-state index contributed by atoms with van der Waals surface area (Å²) in [6.07, 6.45) is 4.42. The monoisotopic (exact) mass is 267 g/mol. The van der Waals surface area contributed by atoms with Crippen LogP contribution in [0, 0.1) is 5.82 Å². The Bertz CT molecular complexity index is 405. The van der Waals surface area contributed by atoms with Gasteiger partial charge >= 0.3 is 0 Å². The van der Waals surface area contributed by atoms with Crippen molar-refractivity contribution in [2.24, 2.45) is 0 Å².